The average Bonchev–Trinajstić information content (AvgIpc) is 2.48. The van der Waals surface area contributed by atoms with Crippen LogP contribution in [0.15, 0.2) is 36.4 Å². The zero-order chi connectivity index (χ0) is 10.1. The Kier molecular flexibility index (Phi) is 2.16. The number of hydrogen-bond donors (Lipinski definition) is 0. The van der Waals surface area contributed by atoms with Gasteiger partial charge >= 0.3 is 0 Å². The molecule has 2 rings (SSSR count). The van der Waals surface area contributed by atoms with Crippen LogP contribution in [-0.4, -0.2) is 4.57 Å². The number of aryl methyl sites for hydroxylation is 2. The number of nitrogens with zero attached hydrogens (tertiary/aromatic N) is 1. The van der Waals surface area contributed by atoms with Gasteiger partial charge in [-0.2, -0.15) is 0 Å². The summed E-state index contributed by atoms with van der Waals surface area (Å²) >= 11 is 0. The maximum absolute atomic E-state index is 2.22. The summed E-state index contributed by atoms with van der Waals surface area (Å²) in [5.74, 6) is 0. The van der Waals surface area contributed by atoms with E-state index in [2.05, 4.69) is 61.9 Å². The minimum absolute atomic E-state index is 1.28. The number of aromatic nitrogens is 1. The van der Waals surface area contributed by atoms with Crippen molar-refractivity contribution in [2.45, 2.75) is 13.8 Å². The molecule has 1 aromatic heterocycles. The van der Waals surface area contributed by atoms with Crippen LogP contribution in [0.3, 0.4) is 0 Å². The molecule has 0 N–H and O–H groups in total. The Hall–Kier alpha value is -1.50. The first-order chi connectivity index (χ1) is 6.68. The highest BCUT2D eigenvalue weighted by molar-refractivity contribution is 5.61. The lowest BCUT2D eigenvalue weighted by molar-refractivity contribution is 0.891. The van der Waals surface area contributed by atoms with Crippen molar-refractivity contribution in [2.24, 2.45) is 7.05 Å². The van der Waals surface area contributed by atoms with E-state index in [-0.39, 0.29) is 0 Å². The predicted molar refractivity (Wildman–Crippen MR) is 60.3 cm³/mol. The molecule has 72 valence electrons. The Labute approximate surface area is 85.0 Å². The Morgan fingerprint density at radius 1 is 1.00 bits per heavy atom. The van der Waals surface area contributed by atoms with Gasteiger partial charge in [0, 0.05) is 18.4 Å². The lowest BCUT2D eigenvalue weighted by atomic mass is 10.1. The van der Waals surface area contributed by atoms with Crippen molar-refractivity contribution in [1.29, 1.82) is 0 Å². The van der Waals surface area contributed by atoms with E-state index in [0.717, 1.165) is 0 Å². The summed E-state index contributed by atoms with van der Waals surface area (Å²) in [7, 11) is 2.10. The summed E-state index contributed by atoms with van der Waals surface area (Å²) < 4.78 is 2.22. The molecule has 2 aromatic rings. The van der Waals surface area contributed by atoms with Crippen LogP contribution >= 0.6 is 0 Å². The summed E-state index contributed by atoms with van der Waals surface area (Å²) in [6.45, 7) is 4.25. The van der Waals surface area contributed by atoms with Gasteiger partial charge in [-0.05, 0) is 37.6 Å². The van der Waals surface area contributed by atoms with Crippen LogP contribution in [0.4, 0.5) is 0 Å². The van der Waals surface area contributed by atoms with Gasteiger partial charge < -0.3 is 4.57 Å². The second-order valence-electron chi connectivity index (χ2n) is 3.79. The number of rotatable bonds is 1. The SMILES string of the molecule is Cc1cccc(-c2ccc(C)n2C)c1. The van der Waals surface area contributed by atoms with E-state index in [0.29, 0.717) is 0 Å². The molecule has 1 heterocycles. The first-order valence-electron chi connectivity index (χ1n) is 4.88. The van der Waals surface area contributed by atoms with E-state index < -0.39 is 0 Å². The zero-order valence-corrected chi connectivity index (χ0v) is 8.91. The molecule has 0 aliphatic carbocycles. The minimum Gasteiger partial charge on any atom is -0.348 e. The molecule has 0 radical (unpaired) electrons. The van der Waals surface area contributed by atoms with Gasteiger partial charge in [0.05, 0.1) is 0 Å². The quantitative estimate of drug-likeness (QED) is 0.642. The molecular weight excluding hydrogens is 170 g/mol. The molecule has 0 aliphatic rings. The Balaban J connectivity index is 2.55. The van der Waals surface area contributed by atoms with E-state index in [1.807, 2.05) is 0 Å². The molecule has 0 aliphatic heterocycles. The van der Waals surface area contributed by atoms with Gasteiger partial charge in [0.2, 0.25) is 0 Å². The van der Waals surface area contributed by atoms with Crippen molar-refractivity contribution < 1.29 is 0 Å². The highest BCUT2D eigenvalue weighted by atomic mass is 14.9. The van der Waals surface area contributed by atoms with Crippen molar-refractivity contribution in [3.8, 4) is 11.3 Å². The largest absolute Gasteiger partial charge is 0.348 e. The molecular formula is C13H15N. The van der Waals surface area contributed by atoms with Crippen molar-refractivity contribution in [2.75, 3.05) is 0 Å². The molecule has 0 saturated heterocycles. The third-order valence-electron chi connectivity index (χ3n) is 2.69. The maximum atomic E-state index is 2.22. The van der Waals surface area contributed by atoms with E-state index in [9.17, 15) is 0 Å². The number of benzene rings is 1. The molecule has 1 heteroatoms. The molecule has 0 bridgehead atoms. The molecule has 0 amide bonds. The second kappa shape index (κ2) is 3.33. The van der Waals surface area contributed by atoms with Crippen LogP contribution < -0.4 is 0 Å². The predicted octanol–water partition coefficient (Wildman–Crippen LogP) is 3.31. The first kappa shape index (κ1) is 9.07. The lowest BCUT2D eigenvalue weighted by Crippen LogP contribution is -1.93. The highest BCUT2D eigenvalue weighted by Gasteiger charge is 2.03. The van der Waals surface area contributed by atoms with Gasteiger partial charge in [-0.3, -0.25) is 0 Å². The molecule has 0 atom stereocenters. The Bertz CT molecular complexity index is 452. The fourth-order valence-corrected chi connectivity index (χ4v) is 1.71. The first-order valence-corrected chi connectivity index (χ1v) is 4.88. The topological polar surface area (TPSA) is 4.93 Å². The van der Waals surface area contributed by atoms with Crippen molar-refractivity contribution in [1.82, 2.24) is 4.57 Å². The normalized spacial score (nSPS) is 10.5. The summed E-state index contributed by atoms with van der Waals surface area (Å²) in [4.78, 5) is 0. The molecule has 1 nitrogen and oxygen atoms in total. The van der Waals surface area contributed by atoms with Crippen molar-refractivity contribution in [3.05, 3.63) is 47.7 Å². The number of hydrogen-bond acceptors (Lipinski definition) is 0. The van der Waals surface area contributed by atoms with E-state index in [1.54, 1.807) is 0 Å². The highest BCUT2D eigenvalue weighted by Crippen LogP contribution is 2.21. The lowest BCUT2D eigenvalue weighted by Gasteiger charge is -2.05. The van der Waals surface area contributed by atoms with Gasteiger partial charge in [0.25, 0.3) is 0 Å². The standard InChI is InChI=1S/C13H15N/c1-10-5-4-6-12(9-10)13-8-7-11(2)14(13)3/h4-9H,1-3H3. The Morgan fingerprint density at radius 3 is 2.36 bits per heavy atom. The third-order valence-corrected chi connectivity index (χ3v) is 2.69. The van der Waals surface area contributed by atoms with Gasteiger partial charge in [-0.15, -0.1) is 0 Å². The van der Waals surface area contributed by atoms with Crippen LogP contribution in [0, 0.1) is 13.8 Å². The van der Waals surface area contributed by atoms with Crippen LogP contribution in [0.2, 0.25) is 0 Å². The van der Waals surface area contributed by atoms with Crippen LogP contribution in [0.25, 0.3) is 11.3 Å². The monoisotopic (exact) mass is 185 g/mol. The van der Waals surface area contributed by atoms with Crippen molar-refractivity contribution in [3.63, 3.8) is 0 Å². The summed E-state index contributed by atoms with van der Waals surface area (Å²) in [6, 6.07) is 12.9. The minimum atomic E-state index is 1.28. The molecule has 0 unspecified atom stereocenters. The summed E-state index contributed by atoms with van der Waals surface area (Å²) in [5.41, 5.74) is 5.18. The van der Waals surface area contributed by atoms with E-state index in [1.165, 1.54) is 22.5 Å². The molecule has 14 heavy (non-hydrogen) atoms. The summed E-state index contributed by atoms with van der Waals surface area (Å²) in [5, 5.41) is 0. The van der Waals surface area contributed by atoms with Gasteiger partial charge in [-0.1, -0.05) is 23.8 Å². The van der Waals surface area contributed by atoms with Gasteiger partial charge in [0.15, 0.2) is 0 Å². The van der Waals surface area contributed by atoms with Crippen molar-refractivity contribution >= 4 is 0 Å². The van der Waals surface area contributed by atoms with E-state index in [4.69, 9.17) is 0 Å². The third kappa shape index (κ3) is 1.46. The zero-order valence-electron chi connectivity index (χ0n) is 8.91. The van der Waals surface area contributed by atoms with Gasteiger partial charge in [0.1, 0.15) is 0 Å². The Morgan fingerprint density at radius 2 is 1.79 bits per heavy atom. The second-order valence-corrected chi connectivity index (χ2v) is 3.79. The van der Waals surface area contributed by atoms with Crippen LogP contribution in [0.1, 0.15) is 11.3 Å². The van der Waals surface area contributed by atoms with E-state index >= 15 is 0 Å². The molecule has 1 aromatic carbocycles. The fraction of sp³-hybridized carbons (Fsp3) is 0.231. The summed E-state index contributed by atoms with van der Waals surface area (Å²) in [6.07, 6.45) is 0. The fourth-order valence-electron chi connectivity index (χ4n) is 1.71. The smallest absolute Gasteiger partial charge is 0.0479 e. The van der Waals surface area contributed by atoms with Crippen LogP contribution in [0.5, 0.6) is 0 Å². The maximum Gasteiger partial charge on any atom is 0.0479 e. The molecule has 0 fully saturated rings. The molecule has 0 saturated carbocycles. The van der Waals surface area contributed by atoms with Crippen LogP contribution in [-0.2, 0) is 7.05 Å². The van der Waals surface area contributed by atoms with Gasteiger partial charge in [-0.25, -0.2) is 0 Å². The molecule has 0 spiro atoms. The average molecular weight is 185 g/mol.